The fourth-order valence-corrected chi connectivity index (χ4v) is 1.54. The van der Waals surface area contributed by atoms with Gasteiger partial charge in [-0.05, 0) is 23.8 Å². The van der Waals surface area contributed by atoms with Gasteiger partial charge in [-0.3, -0.25) is 0 Å². The minimum atomic E-state index is -1.05. The van der Waals surface area contributed by atoms with Crippen LogP contribution in [0.2, 0.25) is 0 Å². The number of carboxylic acid groups (broad SMARTS) is 1. The van der Waals surface area contributed by atoms with Gasteiger partial charge in [-0.25, -0.2) is 9.79 Å². The first-order valence-corrected chi connectivity index (χ1v) is 5.86. The fourth-order valence-electron chi connectivity index (χ4n) is 1.54. The summed E-state index contributed by atoms with van der Waals surface area (Å²) in [7, 11) is 0. The van der Waals surface area contributed by atoms with Crippen LogP contribution in [0.4, 0.5) is 5.69 Å². The zero-order valence-electron chi connectivity index (χ0n) is 10.2. The molecule has 0 unspecified atom stereocenters. The first-order chi connectivity index (χ1) is 9.25. The first-order valence-electron chi connectivity index (χ1n) is 5.86. The van der Waals surface area contributed by atoms with E-state index < -0.39 is 5.97 Å². The van der Waals surface area contributed by atoms with Crippen LogP contribution < -0.4 is 0 Å². The second kappa shape index (κ2) is 6.31. The Bertz CT molecular complexity index is 601. The molecule has 0 atom stereocenters. The van der Waals surface area contributed by atoms with E-state index in [2.05, 4.69) is 4.99 Å². The number of aliphatic carboxylic acids is 1. The lowest BCUT2D eigenvalue weighted by Crippen LogP contribution is -2.09. The zero-order chi connectivity index (χ0) is 13.5. The van der Waals surface area contributed by atoms with Crippen molar-refractivity contribution in [3.63, 3.8) is 0 Å². The Labute approximate surface area is 111 Å². The molecule has 0 aromatic heterocycles. The largest absolute Gasteiger partial charge is 0.477 e. The van der Waals surface area contributed by atoms with Crippen LogP contribution in [0.3, 0.4) is 0 Å². The van der Waals surface area contributed by atoms with Gasteiger partial charge in [0.15, 0.2) is 0 Å². The number of carbonyl (C=O) groups is 1. The van der Waals surface area contributed by atoms with Crippen LogP contribution in [0.1, 0.15) is 5.56 Å². The molecule has 0 aliphatic rings. The van der Waals surface area contributed by atoms with Gasteiger partial charge >= 0.3 is 5.97 Å². The zero-order valence-corrected chi connectivity index (χ0v) is 10.2. The molecule has 2 aromatic rings. The number of aliphatic imine (C=N–C) groups is 1. The summed E-state index contributed by atoms with van der Waals surface area (Å²) in [5, 5.41) is 9.13. The summed E-state index contributed by atoms with van der Waals surface area (Å²) < 4.78 is 0. The van der Waals surface area contributed by atoms with Crippen LogP contribution in [0.15, 0.2) is 71.7 Å². The van der Waals surface area contributed by atoms with Crippen molar-refractivity contribution in [1.82, 2.24) is 0 Å². The van der Waals surface area contributed by atoms with Crippen molar-refractivity contribution in [2.45, 2.75) is 0 Å². The maximum Gasteiger partial charge on any atom is 0.354 e. The predicted molar refractivity (Wildman–Crippen MR) is 76.6 cm³/mol. The van der Waals surface area contributed by atoms with Gasteiger partial charge in [0.25, 0.3) is 0 Å². The normalized spacial score (nSPS) is 11.7. The summed E-state index contributed by atoms with van der Waals surface area (Å²) >= 11 is 0. The molecule has 3 heteroatoms. The molecule has 0 aliphatic heterocycles. The minimum Gasteiger partial charge on any atom is -0.477 e. The average molecular weight is 251 g/mol. The van der Waals surface area contributed by atoms with Gasteiger partial charge in [0, 0.05) is 0 Å². The van der Waals surface area contributed by atoms with E-state index in [1.54, 1.807) is 18.2 Å². The highest BCUT2D eigenvalue weighted by Gasteiger charge is 2.05. The lowest BCUT2D eigenvalue weighted by Gasteiger charge is -1.96. The van der Waals surface area contributed by atoms with Crippen molar-refractivity contribution < 1.29 is 9.90 Å². The Kier molecular flexibility index (Phi) is 4.24. The van der Waals surface area contributed by atoms with Crippen molar-refractivity contribution in [3.8, 4) is 0 Å². The molecule has 0 fully saturated rings. The number of nitrogens with zero attached hydrogens (tertiary/aromatic N) is 1. The lowest BCUT2D eigenvalue weighted by atomic mass is 10.2. The van der Waals surface area contributed by atoms with Crippen molar-refractivity contribution in [2.24, 2.45) is 4.99 Å². The lowest BCUT2D eigenvalue weighted by molar-refractivity contribution is -0.129. The van der Waals surface area contributed by atoms with Gasteiger partial charge in [-0.15, -0.1) is 0 Å². The number of hydrogen-bond donors (Lipinski definition) is 1. The molecule has 0 saturated heterocycles. The molecule has 0 bridgehead atoms. The Morgan fingerprint density at radius 3 is 2.11 bits per heavy atom. The van der Waals surface area contributed by atoms with Crippen molar-refractivity contribution in [1.29, 1.82) is 0 Å². The second-order valence-electron chi connectivity index (χ2n) is 3.88. The number of rotatable bonds is 4. The van der Waals surface area contributed by atoms with Crippen LogP contribution in [-0.2, 0) is 4.79 Å². The molecule has 1 N–H and O–H groups in total. The van der Waals surface area contributed by atoms with Crippen LogP contribution >= 0.6 is 0 Å². The highest BCUT2D eigenvalue weighted by Crippen LogP contribution is 2.11. The van der Waals surface area contributed by atoms with Gasteiger partial charge in [0.2, 0.25) is 0 Å². The van der Waals surface area contributed by atoms with Gasteiger partial charge in [0.1, 0.15) is 5.71 Å². The summed E-state index contributed by atoms with van der Waals surface area (Å²) in [6, 6.07) is 18.5. The highest BCUT2D eigenvalue weighted by atomic mass is 16.4. The standard InChI is InChI=1S/C16H13NO2/c18-16(19)15(17-14-9-5-2-6-10-14)12-11-13-7-3-1-4-8-13/h1-12H,(H,18,19)/b12-11+,17-15?. The van der Waals surface area contributed by atoms with Gasteiger partial charge < -0.3 is 5.11 Å². The smallest absolute Gasteiger partial charge is 0.354 e. The molecule has 0 aliphatic carbocycles. The van der Waals surface area contributed by atoms with Crippen LogP contribution in [0, 0.1) is 0 Å². The van der Waals surface area contributed by atoms with E-state index in [4.69, 9.17) is 5.11 Å². The van der Waals surface area contributed by atoms with Crippen LogP contribution in [-0.4, -0.2) is 16.8 Å². The number of carboxylic acids is 1. The highest BCUT2D eigenvalue weighted by molar-refractivity contribution is 6.41. The molecule has 3 nitrogen and oxygen atoms in total. The maximum absolute atomic E-state index is 11.1. The number of benzene rings is 2. The Balaban J connectivity index is 2.25. The molecular weight excluding hydrogens is 238 g/mol. The topological polar surface area (TPSA) is 49.7 Å². The molecule has 19 heavy (non-hydrogen) atoms. The third-order valence-electron chi connectivity index (χ3n) is 2.46. The maximum atomic E-state index is 11.1. The average Bonchev–Trinajstić information content (AvgIpc) is 2.45. The van der Waals surface area contributed by atoms with Crippen LogP contribution in [0.25, 0.3) is 6.08 Å². The summed E-state index contributed by atoms with van der Waals surface area (Å²) in [5.74, 6) is -1.05. The Morgan fingerprint density at radius 1 is 0.947 bits per heavy atom. The predicted octanol–water partition coefficient (Wildman–Crippen LogP) is 3.56. The first kappa shape index (κ1) is 12.8. The third-order valence-corrected chi connectivity index (χ3v) is 2.46. The van der Waals surface area contributed by atoms with Gasteiger partial charge in [0.05, 0.1) is 5.69 Å². The van der Waals surface area contributed by atoms with E-state index in [1.165, 1.54) is 6.08 Å². The minimum absolute atomic E-state index is 0.00931. The summed E-state index contributed by atoms with van der Waals surface area (Å²) in [4.78, 5) is 15.2. The molecule has 0 saturated carbocycles. The molecular formula is C16H13NO2. The van der Waals surface area contributed by atoms with E-state index >= 15 is 0 Å². The molecule has 2 aromatic carbocycles. The summed E-state index contributed by atoms with van der Waals surface area (Å²) in [6.45, 7) is 0. The molecule has 94 valence electrons. The third kappa shape index (κ3) is 3.92. The van der Waals surface area contributed by atoms with E-state index in [9.17, 15) is 4.79 Å². The Hall–Kier alpha value is -2.68. The van der Waals surface area contributed by atoms with E-state index in [-0.39, 0.29) is 5.71 Å². The van der Waals surface area contributed by atoms with Crippen molar-refractivity contribution in [2.75, 3.05) is 0 Å². The molecule has 2 rings (SSSR count). The Morgan fingerprint density at radius 2 is 1.53 bits per heavy atom. The monoisotopic (exact) mass is 251 g/mol. The van der Waals surface area contributed by atoms with E-state index in [1.807, 2.05) is 48.5 Å². The quantitative estimate of drug-likeness (QED) is 0.845. The van der Waals surface area contributed by atoms with Crippen LogP contribution in [0.5, 0.6) is 0 Å². The number of para-hydroxylation sites is 1. The van der Waals surface area contributed by atoms with Gasteiger partial charge in [-0.1, -0.05) is 54.6 Å². The van der Waals surface area contributed by atoms with Crippen molar-refractivity contribution in [3.05, 3.63) is 72.3 Å². The van der Waals surface area contributed by atoms with E-state index in [0.29, 0.717) is 5.69 Å². The summed E-state index contributed by atoms with van der Waals surface area (Å²) in [5.41, 5.74) is 1.57. The summed E-state index contributed by atoms with van der Waals surface area (Å²) in [6.07, 6.45) is 3.24. The SMILES string of the molecule is O=C(O)C(/C=C/c1ccccc1)=Nc1ccccc1. The van der Waals surface area contributed by atoms with E-state index in [0.717, 1.165) is 5.56 Å². The number of hydrogen-bond acceptors (Lipinski definition) is 2. The van der Waals surface area contributed by atoms with Gasteiger partial charge in [-0.2, -0.15) is 0 Å². The molecule has 0 spiro atoms. The molecule has 0 radical (unpaired) electrons. The van der Waals surface area contributed by atoms with Crippen molar-refractivity contribution >= 4 is 23.4 Å². The molecule has 0 amide bonds. The molecule has 0 heterocycles. The second-order valence-corrected chi connectivity index (χ2v) is 3.88. The fraction of sp³-hybridized carbons (Fsp3) is 0.